The predicted molar refractivity (Wildman–Crippen MR) is 125 cm³/mol. The van der Waals surface area contributed by atoms with Crippen molar-refractivity contribution in [2.24, 2.45) is 4.99 Å². The summed E-state index contributed by atoms with van der Waals surface area (Å²) in [5, 5.41) is 18.3. The highest BCUT2D eigenvalue weighted by atomic mass is 35.5. The first-order valence-electron chi connectivity index (χ1n) is 10.8. The van der Waals surface area contributed by atoms with Gasteiger partial charge in [-0.3, -0.25) is 5.10 Å². The van der Waals surface area contributed by atoms with Crippen LogP contribution in [0.5, 0.6) is 0 Å². The Bertz CT molecular complexity index is 1160. The molecule has 0 saturated carbocycles. The monoisotopic (exact) mass is 443 g/mol. The molecule has 0 aliphatic carbocycles. The summed E-state index contributed by atoms with van der Waals surface area (Å²) in [6.07, 6.45) is 1.96. The number of anilines is 2. The normalized spacial score (nSPS) is 17.6. The number of nitrogens with two attached hydrogens (primary N) is 1. The Morgan fingerprint density at radius 3 is 2.74 bits per heavy atom. The molecule has 1 saturated heterocycles. The third-order valence-electron chi connectivity index (χ3n) is 5.79. The predicted octanol–water partition coefficient (Wildman–Crippen LogP) is 3.89. The number of fused-ring (bicyclic) bond motifs is 1. The van der Waals surface area contributed by atoms with Gasteiger partial charge < -0.3 is 20.3 Å². The fourth-order valence-electron chi connectivity index (χ4n) is 4.23. The summed E-state index contributed by atoms with van der Waals surface area (Å²) in [5.41, 5.74) is 10.4. The fraction of sp³-hybridized carbons (Fsp3) is 0.500. The zero-order valence-electron chi connectivity index (χ0n) is 18.4. The van der Waals surface area contributed by atoms with Crippen LogP contribution in [0.2, 0.25) is 5.02 Å². The SMILES string of the molecule is CC(C)c1[nH]nc2c(=Nc3ccc(Cl)c(N)c3)nc(N3CCCC3CO)n(C(C)C)c12. The number of H-pyrrole nitrogens is 1. The Morgan fingerprint density at radius 1 is 1.32 bits per heavy atom. The van der Waals surface area contributed by atoms with E-state index in [-0.39, 0.29) is 24.6 Å². The Labute approximate surface area is 186 Å². The molecular weight excluding hydrogens is 414 g/mol. The van der Waals surface area contributed by atoms with Crippen molar-refractivity contribution in [1.82, 2.24) is 19.7 Å². The minimum absolute atomic E-state index is 0.0448. The van der Waals surface area contributed by atoms with E-state index in [1.54, 1.807) is 12.1 Å². The second-order valence-corrected chi connectivity index (χ2v) is 9.09. The van der Waals surface area contributed by atoms with Crippen LogP contribution in [-0.4, -0.2) is 44.0 Å². The Morgan fingerprint density at radius 2 is 2.10 bits per heavy atom. The molecule has 1 fully saturated rings. The van der Waals surface area contributed by atoms with Gasteiger partial charge in [-0.05, 0) is 50.8 Å². The third kappa shape index (κ3) is 3.90. The summed E-state index contributed by atoms with van der Waals surface area (Å²) in [5.74, 6) is 1.06. The summed E-state index contributed by atoms with van der Waals surface area (Å²) >= 11 is 6.08. The van der Waals surface area contributed by atoms with Gasteiger partial charge in [-0.2, -0.15) is 10.1 Å². The molecule has 166 valence electrons. The summed E-state index contributed by atoms with van der Waals surface area (Å²) in [4.78, 5) is 12.0. The van der Waals surface area contributed by atoms with Gasteiger partial charge in [-0.15, -0.1) is 0 Å². The first-order chi connectivity index (χ1) is 14.8. The van der Waals surface area contributed by atoms with Gasteiger partial charge in [0.15, 0.2) is 11.0 Å². The van der Waals surface area contributed by atoms with Crippen molar-refractivity contribution in [3.05, 3.63) is 34.4 Å². The largest absolute Gasteiger partial charge is 0.397 e. The summed E-state index contributed by atoms with van der Waals surface area (Å²) < 4.78 is 2.22. The van der Waals surface area contributed by atoms with Gasteiger partial charge in [0.1, 0.15) is 0 Å². The number of hydrogen-bond donors (Lipinski definition) is 3. The number of nitrogen functional groups attached to an aromatic ring is 1. The van der Waals surface area contributed by atoms with Crippen molar-refractivity contribution in [1.29, 1.82) is 0 Å². The minimum Gasteiger partial charge on any atom is -0.397 e. The number of nitrogens with one attached hydrogen (secondary N) is 1. The lowest BCUT2D eigenvalue weighted by molar-refractivity contribution is 0.265. The lowest BCUT2D eigenvalue weighted by atomic mass is 10.1. The molecule has 0 radical (unpaired) electrons. The number of aliphatic hydroxyl groups excluding tert-OH is 1. The van der Waals surface area contributed by atoms with E-state index in [0.717, 1.165) is 42.1 Å². The van der Waals surface area contributed by atoms with Crippen LogP contribution in [-0.2, 0) is 0 Å². The molecule has 2 aromatic heterocycles. The van der Waals surface area contributed by atoms with E-state index in [0.29, 0.717) is 21.9 Å². The van der Waals surface area contributed by atoms with E-state index in [1.165, 1.54) is 0 Å². The first kappa shape index (κ1) is 21.6. The molecule has 8 nitrogen and oxygen atoms in total. The van der Waals surface area contributed by atoms with Crippen LogP contribution in [0.1, 0.15) is 58.2 Å². The van der Waals surface area contributed by atoms with Crippen molar-refractivity contribution >= 4 is 40.0 Å². The maximum absolute atomic E-state index is 9.96. The van der Waals surface area contributed by atoms with Gasteiger partial charge in [-0.25, -0.2) is 4.99 Å². The second kappa shape index (κ2) is 8.51. The smallest absolute Gasteiger partial charge is 0.208 e. The van der Waals surface area contributed by atoms with Gasteiger partial charge in [-0.1, -0.05) is 25.4 Å². The summed E-state index contributed by atoms with van der Waals surface area (Å²) in [6.45, 7) is 9.51. The molecule has 1 aliphatic rings. The molecule has 1 unspecified atom stereocenters. The molecule has 0 bridgehead atoms. The molecule has 1 aromatic carbocycles. The number of aliphatic hydroxyl groups is 1. The highest BCUT2D eigenvalue weighted by Crippen LogP contribution is 2.31. The quantitative estimate of drug-likeness (QED) is 0.518. The fourth-order valence-corrected chi connectivity index (χ4v) is 4.35. The topological polar surface area (TPSA) is 108 Å². The van der Waals surface area contributed by atoms with Gasteiger partial charge >= 0.3 is 0 Å². The van der Waals surface area contributed by atoms with Crippen LogP contribution in [0.3, 0.4) is 0 Å². The van der Waals surface area contributed by atoms with Gasteiger partial charge in [0, 0.05) is 12.6 Å². The maximum Gasteiger partial charge on any atom is 0.208 e. The number of aromatic nitrogens is 4. The number of hydrogen-bond acceptors (Lipinski definition) is 6. The highest BCUT2D eigenvalue weighted by Gasteiger charge is 2.30. The second-order valence-electron chi connectivity index (χ2n) is 8.68. The van der Waals surface area contributed by atoms with E-state index < -0.39 is 0 Å². The molecule has 0 spiro atoms. The number of nitrogens with zero attached hydrogens (tertiary/aromatic N) is 5. The lowest BCUT2D eigenvalue weighted by Gasteiger charge is -2.29. The maximum atomic E-state index is 9.96. The minimum atomic E-state index is 0.0448. The van der Waals surface area contributed by atoms with Crippen LogP contribution in [0.25, 0.3) is 11.0 Å². The van der Waals surface area contributed by atoms with Crippen LogP contribution in [0.4, 0.5) is 17.3 Å². The summed E-state index contributed by atoms with van der Waals surface area (Å²) in [7, 11) is 0. The zero-order valence-corrected chi connectivity index (χ0v) is 19.2. The lowest BCUT2D eigenvalue weighted by Crippen LogP contribution is -2.37. The first-order valence-corrected chi connectivity index (χ1v) is 11.2. The van der Waals surface area contributed by atoms with Crippen LogP contribution < -0.4 is 16.1 Å². The molecule has 3 heterocycles. The van der Waals surface area contributed by atoms with E-state index in [4.69, 9.17) is 27.3 Å². The molecule has 31 heavy (non-hydrogen) atoms. The van der Waals surface area contributed by atoms with Gasteiger partial charge in [0.25, 0.3) is 0 Å². The Kier molecular flexibility index (Phi) is 5.94. The standard InChI is InChI=1S/C22H30ClN7O/c1-12(2)18-20-19(28-27-18)21(25-14-7-8-16(23)17(24)10-14)26-22(30(20)13(3)4)29-9-5-6-15(29)11-31/h7-8,10,12-13,15,31H,5-6,9,11,24H2,1-4H3,(H,27,28). The van der Waals surface area contributed by atoms with Crippen LogP contribution in [0.15, 0.2) is 23.2 Å². The summed E-state index contributed by atoms with van der Waals surface area (Å²) in [6, 6.07) is 5.49. The average molecular weight is 444 g/mol. The third-order valence-corrected chi connectivity index (χ3v) is 6.14. The van der Waals surface area contributed by atoms with Crippen LogP contribution in [0, 0.1) is 0 Å². The van der Waals surface area contributed by atoms with Crippen molar-refractivity contribution < 1.29 is 5.11 Å². The van der Waals surface area contributed by atoms with Crippen molar-refractivity contribution in [3.63, 3.8) is 0 Å². The molecule has 4 rings (SSSR count). The number of halogens is 1. The van der Waals surface area contributed by atoms with Crippen molar-refractivity contribution in [3.8, 4) is 0 Å². The molecule has 3 aromatic rings. The molecule has 9 heteroatoms. The highest BCUT2D eigenvalue weighted by molar-refractivity contribution is 6.33. The van der Waals surface area contributed by atoms with E-state index >= 15 is 0 Å². The van der Waals surface area contributed by atoms with Gasteiger partial charge in [0.2, 0.25) is 5.95 Å². The van der Waals surface area contributed by atoms with E-state index in [9.17, 15) is 5.11 Å². The number of aromatic amines is 1. The van der Waals surface area contributed by atoms with Crippen LogP contribution >= 0.6 is 11.6 Å². The Balaban J connectivity index is 2.06. The number of benzene rings is 1. The molecule has 1 atom stereocenters. The molecular formula is C22H30ClN7O. The van der Waals surface area contributed by atoms with E-state index in [1.807, 2.05) is 6.07 Å². The Hall–Kier alpha value is -2.58. The average Bonchev–Trinajstić information content (AvgIpc) is 3.37. The molecule has 4 N–H and O–H groups in total. The van der Waals surface area contributed by atoms with Crippen molar-refractivity contribution in [2.45, 2.75) is 58.5 Å². The number of rotatable bonds is 5. The van der Waals surface area contributed by atoms with Gasteiger partial charge in [0.05, 0.1) is 40.3 Å². The molecule has 0 amide bonds. The molecule has 1 aliphatic heterocycles. The van der Waals surface area contributed by atoms with E-state index in [2.05, 4.69) is 47.4 Å². The zero-order chi connectivity index (χ0) is 22.3. The van der Waals surface area contributed by atoms with Crippen molar-refractivity contribution in [2.75, 3.05) is 23.8 Å².